The van der Waals surface area contributed by atoms with Crippen molar-refractivity contribution >= 4 is 22.1 Å². The molecule has 4 heteroatoms. The number of hydrogen-bond donors (Lipinski definition) is 2. The van der Waals surface area contributed by atoms with E-state index in [1.807, 2.05) is 42.5 Å². The summed E-state index contributed by atoms with van der Waals surface area (Å²) in [7, 11) is 0. The van der Waals surface area contributed by atoms with Gasteiger partial charge in [-0.3, -0.25) is 0 Å². The normalized spacial score (nSPS) is 11.2. The quantitative estimate of drug-likeness (QED) is 0.257. The van der Waals surface area contributed by atoms with Gasteiger partial charge < -0.3 is 20.0 Å². The number of hydrogen-bond acceptors (Lipinski definition) is 4. The van der Waals surface area contributed by atoms with Crippen LogP contribution in [0.4, 0.5) is 11.4 Å². The summed E-state index contributed by atoms with van der Waals surface area (Å²) >= 11 is 0. The molecule has 0 aromatic heterocycles. The molecule has 0 aliphatic heterocycles. The second kappa shape index (κ2) is 10.7. The van der Waals surface area contributed by atoms with E-state index in [-0.39, 0.29) is 17.4 Å². The molecular weight excluding hydrogens is 432 g/mol. The Balaban J connectivity index is 1.93. The Morgan fingerprint density at radius 2 is 1.06 bits per heavy atom. The molecule has 0 saturated heterocycles. The molecule has 2 N–H and O–H groups in total. The third-order valence-electron chi connectivity index (χ3n) is 7.04. The third kappa shape index (κ3) is 4.79. The molecule has 182 valence electrons. The number of nitrogens with zero attached hydrogens (tertiary/aromatic N) is 2. The van der Waals surface area contributed by atoms with Gasteiger partial charge in [-0.15, -0.1) is 0 Å². The van der Waals surface area contributed by atoms with Crippen LogP contribution in [0.3, 0.4) is 0 Å². The lowest BCUT2D eigenvalue weighted by Crippen LogP contribution is -2.22. The lowest BCUT2D eigenvalue weighted by molar-refractivity contribution is 0.459. The Labute approximate surface area is 209 Å². The number of benzene rings is 4. The zero-order valence-corrected chi connectivity index (χ0v) is 21.2. The minimum absolute atomic E-state index is 0.236. The average Bonchev–Trinajstić information content (AvgIpc) is 2.88. The van der Waals surface area contributed by atoms with Gasteiger partial charge in [0.15, 0.2) is 0 Å². The van der Waals surface area contributed by atoms with E-state index in [2.05, 4.69) is 73.9 Å². The van der Waals surface area contributed by atoms with Gasteiger partial charge in [-0.2, -0.15) is 0 Å². The first-order chi connectivity index (χ1) is 17.0. The Hall–Kier alpha value is -3.66. The monoisotopic (exact) mass is 468 g/mol. The van der Waals surface area contributed by atoms with Crippen molar-refractivity contribution in [1.82, 2.24) is 0 Å². The van der Waals surface area contributed by atoms with E-state index < -0.39 is 0 Å². The molecule has 0 heterocycles. The largest absolute Gasteiger partial charge is 0.508 e. The van der Waals surface area contributed by atoms with E-state index in [1.165, 1.54) is 0 Å². The highest BCUT2D eigenvalue weighted by Gasteiger charge is 2.25. The minimum atomic E-state index is -0.322. The highest BCUT2D eigenvalue weighted by atomic mass is 16.3. The minimum Gasteiger partial charge on any atom is -0.508 e. The molecule has 4 aromatic rings. The molecule has 4 rings (SSSR count). The van der Waals surface area contributed by atoms with Crippen molar-refractivity contribution in [3.63, 3.8) is 0 Å². The molecule has 35 heavy (non-hydrogen) atoms. The van der Waals surface area contributed by atoms with Crippen molar-refractivity contribution in [1.29, 1.82) is 0 Å². The molecule has 0 amide bonds. The fraction of sp³-hybridized carbons (Fsp3) is 0.290. The van der Waals surface area contributed by atoms with Crippen molar-refractivity contribution in [2.45, 2.75) is 33.6 Å². The molecule has 0 saturated carbocycles. The maximum absolute atomic E-state index is 11.3. The number of anilines is 2. The lowest BCUT2D eigenvalue weighted by Gasteiger charge is -2.27. The van der Waals surface area contributed by atoms with Gasteiger partial charge in [0.1, 0.15) is 11.5 Å². The highest BCUT2D eigenvalue weighted by Crippen LogP contribution is 2.44. The van der Waals surface area contributed by atoms with Gasteiger partial charge in [-0.05, 0) is 56.2 Å². The van der Waals surface area contributed by atoms with Gasteiger partial charge in [0.05, 0.1) is 0 Å². The lowest BCUT2D eigenvalue weighted by atomic mass is 9.81. The van der Waals surface area contributed by atoms with Crippen LogP contribution in [0.25, 0.3) is 10.8 Å². The molecule has 0 spiro atoms. The zero-order valence-electron chi connectivity index (χ0n) is 21.2. The van der Waals surface area contributed by atoms with Crippen molar-refractivity contribution in [2.24, 2.45) is 0 Å². The van der Waals surface area contributed by atoms with Crippen molar-refractivity contribution in [3.8, 4) is 11.5 Å². The second-order valence-corrected chi connectivity index (χ2v) is 8.83. The molecule has 0 atom stereocenters. The van der Waals surface area contributed by atoms with Crippen LogP contribution in [0.1, 0.15) is 50.3 Å². The summed E-state index contributed by atoms with van der Waals surface area (Å²) in [5.74, 6) is 0.150. The van der Waals surface area contributed by atoms with Crippen LogP contribution >= 0.6 is 0 Å². The Morgan fingerprint density at radius 1 is 0.571 bits per heavy atom. The topological polar surface area (TPSA) is 46.9 Å². The molecule has 0 radical (unpaired) electrons. The van der Waals surface area contributed by atoms with E-state index >= 15 is 0 Å². The molecule has 0 aliphatic carbocycles. The van der Waals surface area contributed by atoms with Gasteiger partial charge in [0, 0.05) is 66.7 Å². The summed E-state index contributed by atoms with van der Waals surface area (Å²) in [5, 5.41) is 24.8. The number of rotatable bonds is 9. The smallest absolute Gasteiger partial charge is 0.121 e. The maximum Gasteiger partial charge on any atom is 0.121 e. The summed E-state index contributed by atoms with van der Waals surface area (Å²) in [5.41, 5.74) is 4.61. The molecule has 4 nitrogen and oxygen atoms in total. The second-order valence-electron chi connectivity index (χ2n) is 8.83. The van der Waals surface area contributed by atoms with Crippen LogP contribution in [0, 0.1) is 0 Å². The first-order valence-corrected chi connectivity index (χ1v) is 12.7. The third-order valence-corrected chi connectivity index (χ3v) is 7.04. The van der Waals surface area contributed by atoms with Gasteiger partial charge in [0.25, 0.3) is 0 Å². The zero-order chi connectivity index (χ0) is 24.9. The van der Waals surface area contributed by atoms with E-state index in [1.54, 1.807) is 0 Å². The summed E-state index contributed by atoms with van der Waals surface area (Å²) in [6, 6.07) is 26.4. The number of fused-ring (bicyclic) bond motifs is 1. The van der Waals surface area contributed by atoms with E-state index in [4.69, 9.17) is 0 Å². The molecule has 0 aliphatic rings. The van der Waals surface area contributed by atoms with E-state index in [0.29, 0.717) is 0 Å². The summed E-state index contributed by atoms with van der Waals surface area (Å²) in [6.07, 6.45) is 0. The fourth-order valence-corrected chi connectivity index (χ4v) is 5.13. The number of phenols is 2. The molecule has 0 bridgehead atoms. The standard InChI is InChI=1S/C31H36N2O2/c1-5-32(6-2)23-16-18-27(29(34)20-23)31(26-15-11-13-22-12-9-10-14-25(22)26)28-19-17-24(21-30(28)35)33(7-3)8-4/h9-21,31,34-35H,5-8H2,1-4H3. The predicted octanol–water partition coefficient (Wildman–Crippen LogP) is 7.12. The number of aromatic hydroxyl groups is 2. The van der Waals surface area contributed by atoms with Crippen molar-refractivity contribution in [2.75, 3.05) is 36.0 Å². The van der Waals surface area contributed by atoms with E-state index in [0.717, 1.165) is 65.0 Å². The van der Waals surface area contributed by atoms with Gasteiger partial charge in [-0.25, -0.2) is 0 Å². The first-order valence-electron chi connectivity index (χ1n) is 12.7. The summed E-state index contributed by atoms with van der Waals surface area (Å²) in [4.78, 5) is 4.43. The number of phenolic OH excluding ortho intramolecular Hbond substituents is 2. The average molecular weight is 469 g/mol. The SMILES string of the molecule is CCN(CC)c1ccc(C(c2ccc(N(CC)CC)cc2O)c2cccc3ccccc23)c(O)c1. The van der Waals surface area contributed by atoms with Crippen LogP contribution in [0.5, 0.6) is 11.5 Å². The Bertz CT molecular complexity index is 1230. The van der Waals surface area contributed by atoms with Gasteiger partial charge in [0.2, 0.25) is 0 Å². The molecule has 4 aromatic carbocycles. The van der Waals surface area contributed by atoms with Gasteiger partial charge in [-0.1, -0.05) is 54.6 Å². The summed E-state index contributed by atoms with van der Waals surface area (Å²) in [6.45, 7) is 11.9. The molecule has 0 unspecified atom stereocenters. The molecule has 0 fully saturated rings. The summed E-state index contributed by atoms with van der Waals surface area (Å²) < 4.78 is 0. The van der Waals surface area contributed by atoms with Crippen LogP contribution in [-0.4, -0.2) is 36.4 Å². The van der Waals surface area contributed by atoms with Crippen LogP contribution in [-0.2, 0) is 0 Å². The van der Waals surface area contributed by atoms with Crippen LogP contribution in [0.2, 0.25) is 0 Å². The van der Waals surface area contributed by atoms with Crippen molar-refractivity contribution < 1.29 is 10.2 Å². The van der Waals surface area contributed by atoms with Crippen molar-refractivity contribution in [3.05, 3.63) is 95.6 Å². The predicted molar refractivity (Wildman–Crippen MR) is 148 cm³/mol. The first kappa shape index (κ1) is 24.5. The van der Waals surface area contributed by atoms with Gasteiger partial charge >= 0.3 is 0 Å². The van der Waals surface area contributed by atoms with Crippen LogP contribution in [0.15, 0.2) is 78.9 Å². The fourth-order valence-electron chi connectivity index (χ4n) is 5.13. The Kier molecular flexibility index (Phi) is 7.50. The molecular formula is C31H36N2O2. The maximum atomic E-state index is 11.3. The van der Waals surface area contributed by atoms with E-state index in [9.17, 15) is 10.2 Å². The Morgan fingerprint density at radius 3 is 1.54 bits per heavy atom. The van der Waals surface area contributed by atoms with Crippen LogP contribution < -0.4 is 9.80 Å². The highest BCUT2D eigenvalue weighted by molar-refractivity contribution is 5.87.